The molecule has 0 unspecified atom stereocenters. The number of anilines is 1. The number of fused-ring (bicyclic) bond motifs is 2. The Bertz CT molecular complexity index is 1260. The van der Waals surface area contributed by atoms with Crippen LogP contribution in [-0.2, 0) is 20.9 Å². The van der Waals surface area contributed by atoms with Crippen molar-refractivity contribution in [1.29, 1.82) is 0 Å². The van der Waals surface area contributed by atoms with Crippen molar-refractivity contribution in [2.45, 2.75) is 49.9 Å². The lowest BCUT2D eigenvalue weighted by molar-refractivity contribution is 0.154. The summed E-state index contributed by atoms with van der Waals surface area (Å²) in [5, 5.41) is 14.6. The molecule has 0 radical (unpaired) electrons. The van der Waals surface area contributed by atoms with Crippen molar-refractivity contribution in [2.24, 2.45) is 0 Å². The minimum Gasteiger partial charge on any atom is -0.391 e. The lowest BCUT2D eigenvalue weighted by atomic mass is 10.1. The molecular formula is C21H24FN5O4S. The van der Waals surface area contributed by atoms with Crippen LogP contribution < -0.4 is 10.0 Å². The van der Waals surface area contributed by atoms with Crippen molar-refractivity contribution in [2.75, 3.05) is 12.4 Å². The van der Waals surface area contributed by atoms with Crippen LogP contribution in [0.2, 0.25) is 0 Å². The molecule has 0 spiro atoms. The molecule has 1 fully saturated rings. The average Bonchev–Trinajstić information content (AvgIpc) is 3.47. The fourth-order valence-corrected chi connectivity index (χ4v) is 5.60. The molecule has 3 N–H and O–H groups in total. The standard InChI is InChI=1S/C21H24FN5O4S/c1-31-32(29,30)26-18-9-12(10-19(18)28)27-8-7-15-20(23-11-24-21(15)27)25-17-6-5-13-14(17)3-2-4-16(13)22/h2-4,7-8,11-12,17-19,26,28H,5-6,9-10H2,1H3,(H,23,24,25)/t12-,17+,18+,19+/m1/s1. The number of aromatic nitrogens is 3. The predicted octanol–water partition coefficient (Wildman–Crippen LogP) is 2.22. The van der Waals surface area contributed by atoms with E-state index in [1.807, 2.05) is 22.9 Å². The molecule has 0 saturated heterocycles. The second kappa shape index (κ2) is 8.07. The molecule has 0 aliphatic heterocycles. The third-order valence-corrected chi connectivity index (χ3v) is 7.48. The molecular weight excluding hydrogens is 437 g/mol. The molecule has 5 rings (SSSR count). The van der Waals surface area contributed by atoms with Gasteiger partial charge >= 0.3 is 10.3 Å². The zero-order valence-electron chi connectivity index (χ0n) is 17.4. The molecule has 1 aromatic carbocycles. The van der Waals surface area contributed by atoms with Crippen LogP contribution in [0.4, 0.5) is 10.2 Å². The Balaban J connectivity index is 1.40. The summed E-state index contributed by atoms with van der Waals surface area (Å²) in [6, 6.07) is 6.22. The summed E-state index contributed by atoms with van der Waals surface area (Å²) in [6.45, 7) is 0. The van der Waals surface area contributed by atoms with Crippen LogP contribution in [0.5, 0.6) is 0 Å². The normalized spacial score (nSPS) is 25.3. The third kappa shape index (κ3) is 3.75. The zero-order chi connectivity index (χ0) is 22.5. The Hall–Kier alpha value is -2.60. The first-order valence-electron chi connectivity index (χ1n) is 10.5. The molecule has 11 heteroatoms. The van der Waals surface area contributed by atoms with Crippen LogP contribution in [0, 0.1) is 5.82 Å². The van der Waals surface area contributed by atoms with E-state index in [1.54, 1.807) is 6.07 Å². The van der Waals surface area contributed by atoms with Gasteiger partial charge in [-0.1, -0.05) is 12.1 Å². The van der Waals surface area contributed by atoms with Gasteiger partial charge in [-0.3, -0.25) is 4.18 Å². The highest BCUT2D eigenvalue weighted by Gasteiger charge is 2.37. The highest BCUT2D eigenvalue weighted by Crippen LogP contribution is 2.38. The molecule has 2 aromatic heterocycles. The van der Waals surface area contributed by atoms with Gasteiger partial charge in [0.15, 0.2) is 0 Å². The number of nitrogens with one attached hydrogen (secondary N) is 2. The van der Waals surface area contributed by atoms with Crippen LogP contribution >= 0.6 is 0 Å². The Morgan fingerprint density at radius 3 is 2.91 bits per heavy atom. The van der Waals surface area contributed by atoms with Crippen LogP contribution in [0.25, 0.3) is 11.0 Å². The molecule has 9 nitrogen and oxygen atoms in total. The van der Waals surface area contributed by atoms with Gasteiger partial charge in [-0.2, -0.15) is 13.1 Å². The summed E-state index contributed by atoms with van der Waals surface area (Å²) in [5.74, 6) is 0.482. The lowest BCUT2D eigenvalue weighted by Gasteiger charge is -2.17. The number of halogens is 1. The maximum absolute atomic E-state index is 14.1. The van der Waals surface area contributed by atoms with E-state index < -0.39 is 22.4 Å². The first kappa shape index (κ1) is 21.3. The van der Waals surface area contributed by atoms with Crippen LogP contribution in [0.3, 0.4) is 0 Å². The maximum atomic E-state index is 14.1. The van der Waals surface area contributed by atoms with Gasteiger partial charge in [-0.25, -0.2) is 14.4 Å². The van der Waals surface area contributed by atoms with E-state index in [2.05, 4.69) is 24.2 Å². The van der Waals surface area contributed by atoms with E-state index in [1.165, 1.54) is 12.4 Å². The third-order valence-electron chi connectivity index (χ3n) is 6.45. The molecule has 1 saturated carbocycles. The SMILES string of the molecule is COS(=O)(=O)N[C@H]1C[C@@H](n2ccc3c(N[C@H]4CCc5c(F)cccc54)ncnc32)C[C@@H]1O. The zero-order valence-corrected chi connectivity index (χ0v) is 18.2. The molecule has 3 aromatic rings. The van der Waals surface area contributed by atoms with E-state index in [4.69, 9.17) is 0 Å². The quantitative estimate of drug-likeness (QED) is 0.515. The van der Waals surface area contributed by atoms with Gasteiger partial charge in [0, 0.05) is 12.2 Å². The Morgan fingerprint density at radius 2 is 2.09 bits per heavy atom. The van der Waals surface area contributed by atoms with E-state index in [0.717, 1.165) is 30.0 Å². The largest absolute Gasteiger partial charge is 0.391 e. The van der Waals surface area contributed by atoms with E-state index in [0.29, 0.717) is 30.7 Å². The molecule has 2 aliphatic carbocycles. The molecule has 0 bridgehead atoms. The molecule has 2 aliphatic rings. The van der Waals surface area contributed by atoms with Crippen molar-refractivity contribution in [3.8, 4) is 0 Å². The van der Waals surface area contributed by atoms with E-state index >= 15 is 0 Å². The number of aliphatic hydroxyl groups is 1. The van der Waals surface area contributed by atoms with Gasteiger partial charge in [0.25, 0.3) is 0 Å². The van der Waals surface area contributed by atoms with Crippen LogP contribution in [-0.4, -0.2) is 47.3 Å². The van der Waals surface area contributed by atoms with Crippen molar-refractivity contribution in [3.05, 3.63) is 53.7 Å². The Kier molecular flexibility index (Phi) is 5.36. The van der Waals surface area contributed by atoms with Gasteiger partial charge in [-0.05, 0) is 48.9 Å². The first-order valence-corrected chi connectivity index (χ1v) is 11.9. The highest BCUT2D eigenvalue weighted by molar-refractivity contribution is 7.84. The molecule has 0 amide bonds. The van der Waals surface area contributed by atoms with Gasteiger partial charge < -0.3 is 15.0 Å². The van der Waals surface area contributed by atoms with Gasteiger partial charge in [0.2, 0.25) is 0 Å². The van der Waals surface area contributed by atoms with Gasteiger partial charge in [0.1, 0.15) is 23.6 Å². The second-order valence-corrected chi connectivity index (χ2v) is 9.74. The average molecular weight is 462 g/mol. The summed E-state index contributed by atoms with van der Waals surface area (Å²) in [7, 11) is -2.83. The lowest BCUT2D eigenvalue weighted by Crippen LogP contribution is -2.40. The fraction of sp³-hybridized carbons (Fsp3) is 0.429. The van der Waals surface area contributed by atoms with E-state index in [9.17, 15) is 17.9 Å². The summed E-state index contributed by atoms with van der Waals surface area (Å²) in [5.41, 5.74) is 2.38. The number of benzene rings is 1. The fourth-order valence-electron chi connectivity index (χ4n) is 4.88. The summed E-state index contributed by atoms with van der Waals surface area (Å²) in [4.78, 5) is 8.84. The van der Waals surface area contributed by atoms with Crippen LogP contribution in [0.15, 0.2) is 36.8 Å². The molecule has 32 heavy (non-hydrogen) atoms. The smallest absolute Gasteiger partial charge is 0.335 e. The van der Waals surface area contributed by atoms with Crippen molar-refractivity contribution < 1.29 is 22.1 Å². The number of nitrogens with zero attached hydrogens (tertiary/aromatic N) is 3. The first-order chi connectivity index (χ1) is 15.4. The van der Waals surface area contributed by atoms with Crippen molar-refractivity contribution in [3.63, 3.8) is 0 Å². The number of aliphatic hydroxyl groups excluding tert-OH is 1. The monoisotopic (exact) mass is 461 g/mol. The number of rotatable bonds is 6. The molecule has 170 valence electrons. The molecule has 4 atom stereocenters. The Morgan fingerprint density at radius 1 is 1.25 bits per heavy atom. The minimum atomic E-state index is -3.90. The van der Waals surface area contributed by atoms with Crippen molar-refractivity contribution in [1.82, 2.24) is 19.3 Å². The molecule has 2 heterocycles. The van der Waals surface area contributed by atoms with Gasteiger partial charge in [0.05, 0.1) is 30.7 Å². The number of hydrogen-bond donors (Lipinski definition) is 3. The minimum absolute atomic E-state index is 0.0386. The summed E-state index contributed by atoms with van der Waals surface area (Å²) < 4.78 is 46.3. The topological polar surface area (TPSA) is 118 Å². The Labute approximate surface area is 184 Å². The van der Waals surface area contributed by atoms with Gasteiger partial charge in [-0.15, -0.1) is 0 Å². The number of hydrogen-bond acceptors (Lipinski definition) is 7. The second-order valence-electron chi connectivity index (χ2n) is 8.26. The van der Waals surface area contributed by atoms with Crippen molar-refractivity contribution >= 4 is 27.2 Å². The summed E-state index contributed by atoms with van der Waals surface area (Å²) in [6.07, 6.45) is 4.73. The van der Waals surface area contributed by atoms with E-state index in [-0.39, 0.29) is 17.9 Å². The maximum Gasteiger partial charge on any atom is 0.335 e. The predicted molar refractivity (Wildman–Crippen MR) is 116 cm³/mol. The highest BCUT2D eigenvalue weighted by atomic mass is 32.2. The van der Waals surface area contributed by atoms with Crippen LogP contribution in [0.1, 0.15) is 42.5 Å². The summed E-state index contributed by atoms with van der Waals surface area (Å²) >= 11 is 0.